The van der Waals surface area contributed by atoms with Crippen LogP contribution < -0.4 is 16.8 Å². The zero-order valence-corrected chi connectivity index (χ0v) is 10.3. The zero-order chi connectivity index (χ0) is 12.8. The van der Waals surface area contributed by atoms with E-state index in [0.29, 0.717) is 11.4 Å². The van der Waals surface area contributed by atoms with Crippen molar-refractivity contribution in [1.82, 2.24) is 0 Å². The summed E-state index contributed by atoms with van der Waals surface area (Å²) in [7, 11) is 0. The Morgan fingerprint density at radius 1 is 1.29 bits per heavy atom. The van der Waals surface area contributed by atoms with Crippen LogP contribution in [0, 0.1) is 0 Å². The molecule has 3 nitrogen and oxygen atoms in total. The average molecular weight is 229 g/mol. The number of rotatable bonds is 4. The Labute approximate surface area is 103 Å². The normalized spacial score (nSPS) is 10.8. The van der Waals surface area contributed by atoms with Crippen molar-refractivity contribution in [2.75, 3.05) is 16.8 Å². The molecule has 0 unspecified atom stereocenters. The average Bonchev–Trinajstić information content (AvgIpc) is 2.23. The summed E-state index contributed by atoms with van der Waals surface area (Å²) in [6, 6.07) is 5.37. The Morgan fingerprint density at radius 3 is 2.59 bits per heavy atom. The Bertz CT molecular complexity index is 466. The van der Waals surface area contributed by atoms with Crippen LogP contribution >= 0.6 is 0 Å². The number of hydrogen-bond acceptors (Lipinski definition) is 3. The molecule has 0 aliphatic rings. The van der Waals surface area contributed by atoms with Gasteiger partial charge < -0.3 is 16.8 Å². The molecule has 1 aromatic carbocycles. The topological polar surface area (TPSA) is 64.1 Å². The number of allylic oxidation sites excluding steroid dienone is 4. The van der Waals surface area contributed by atoms with E-state index >= 15 is 0 Å². The maximum Gasteiger partial charge on any atom is 0.0638 e. The lowest BCUT2D eigenvalue weighted by molar-refractivity contribution is 1.35. The molecule has 0 aliphatic heterocycles. The van der Waals surface area contributed by atoms with Crippen molar-refractivity contribution in [1.29, 1.82) is 0 Å². The number of nitrogens with one attached hydrogen (secondary N) is 1. The second-order valence-corrected chi connectivity index (χ2v) is 4.05. The molecule has 0 atom stereocenters. The molecule has 17 heavy (non-hydrogen) atoms. The monoisotopic (exact) mass is 229 g/mol. The van der Waals surface area contributed by atoms with Crippen LogP contribution in [0.15, 0.2) is 54.3 Å². The quantitative estimate of drug-likeness (QED) is 0.548. The molecular formula is C14H19N3. The van der Waals surface area contributed by atoms with E-state index in [9.17, 15) is 0 Å². The fraction of sp³-hybridized carbons (Fsp3) is 0.143. The highest BCUT2D eigenvalue weighted by Gasteiger charge is 2.00. The van der Waals surface area contributed by atoms with Crippen molar-refractivity contribution in [3.8, 4) is 0 Å². The highest BCUT2D eigenvalue weighted by Crippen LogP contribution is 2.23. The fourth-order valence-electron chi connectivity index (χ4n) is 1.40. The van der Waals surface area contributed by atoms with E-state index in [-0.39, 0.29) is 0 Å². The van der Waals surface area contributed by atoms with Crippen molar-refractivity contribution in [2.45, 2.75) is 13.8 Å². The van der Waals surface area contributed by atoms with Gasteiger partial charge >= 0.3 is 0 Å². The van der Waals surface area contributed by atoms with Crippen molar-refractivity contribution in [3.63, 3.8) is 0 Å². The lowest BCUT2D eigenvalue weighted by Crippen LogP contribution is -2.02. The largest absolute Gasteiger partial charge is 0.399 e. The summed E-state index contributed by atoms with van der Waals surface area (Å²) >= 11 is 0. The summed E-state index contributed by atoms with van der Waals surface area (Å²) in [5.41, 5.74) is 15.9. The van der Waals surface area contributed by atoms with Gasteiger partial charge in [0.15, 0.2) is 0 Å². The Kier molecular flexibility index (Phi) is 4.40. The molecule has 0 heterocycles. The molecular weight excluding hydrogens is 210 g/mol. The van der Waals surface area contributed by atoms with E-state index in [0.717, 1.165) is 11.4 Å². The molecule has 0 saturated carbocycles. The second-order valence-electron chi connectivity index (χ2n) is 4.05. The first-order valence-electron chi connectivity index (χ1n) is 5.42. The minimum Gasteiger partial charge on any atom is -0.399 e. The molecule has 1 rings (SSSR count). The van der Waals surface area contributed by atoms with Gasteiger partial charge in [-0.2, -0.15) is 0 Å². The van der Waals surface area contributed by atoms with Gasteiger partial charge in [0.25, 0.3) is 0 Å². The van der Waals surface area contributed by atoms with Gasteiger partial charge in [0.1, 0.15) is 0 Å². The lowest BCUT2D eigenvalue weighted by atomic mass is 10.2. The number of nitrogens with two attached hydrogens (primary N) is 2. The smallest absolute Gasteiger partial charge is 0.0638 e. The highest BCUT2D eigenvalue weighted by molar-refractivity contribution is 5.73. The second kappa shape index (κ2) is 5.80. The molecule has 0 amide bonds. The number of benzene rings is 1. The molecule has 0 fully saturated rings. The molecule has 3 heteroatoms. The maximum atomic E-state index is 5.87. The fourth-order valence-corrected chi connectivity index (χ4v) is 1.40. The van der Waals surface area contributed by atoms with Gasteiger partial charge in [-0.15, -0.1) is 0 Å². The van der Waals surface area contributed by atoms with Crippen LogP contribution in [0.25, 0.3) is 0 Å². The molecule has 1 aromatic rings. The minimum atomic E-state index is 0.663. The standard InChI is InChI=1S/C14H19N3/c1-4-5-12(8-10(2)3)17-14-9-11(15)6-7-13(14)16/h4-9,17H,1,15-16H2,2-3H3/b12-5+. The summed E-state index contributed by atoms with van der Waals surface area (Å²) < 4.78 is 0. The van der Waals surface area contributed by atoms with Crippen LogP contribution in [0.5, 0.6) is 0 Å². The van der Waals surface area contributed by atoms with Gasteiger partial charge in [-0.3, -0.25) is 0 Å². The third kappa shape index (κ3) is 4.07. The van der Waals surface area contributed by atoms with Crippen molar-refractivity contribution >= 4 is 17.1 Å². The molecule has 90 valence electrons. The SMILES string of the molecule is C=C/C=C(\C=C(C)C)Nc1cc(N)ccc1N. The summed E-state index contributed by atoms with van der Waals surface area (Å²) in [4.78, 5) is 0. The summed E-state index contributed by atoms with van der Waals surface area (Å²) in [5.74, 6) is 0. The molecule has 0 aromatic heterocycles. The molecule has 0 aliphatic carbocycles. The lowest BCUT2D eigenvalue weighted by Gasteiger charge is -2.11. The minimum absolute atomic E-state index is 0.663. The van der Waals surface area contributed by atoms with E-state index in [1.807, 2.05) is 32.1 Å². The van der Waals surface area contributed by atoms with Crippen LogP contribution in [0.3, 0.4) is 0 Å². The van der Waals surface area contributed by atoms with Crippen LogP contribution in [0.4, 0.5) is 17.1 Å². The van der Waals surface area contributed by atoms with Gasteiger partial charge in [-0.05, 0) is 44.2 Å². The zero-order valence-electron chi connectivity index (χ0n) is 10.3. The van der Waals surface area contributed by atoms with E-state index in [1.54, 1.807) is 18.2 Å². The molecule has 0 saturated heterocycles. The van der Waals surface area contributed by atoms with Gasteiger partial charge in [-0.1, -0.05) is 18.2 Å². The van der Waals surface area contributed by atoms with Crippen LogP contribution in [-0.2, 0) is 0 Å². The number of nitrogen functional groups attached to an aromatic ring is 2. The van der Waals surface area contributed by atoms with E-state index in [1.165, 1.54) is 5.57 Å². The van der Waals surface area contributed by atoms with E-state index < -0.39 is 0 Å². The highest BCUT2D eigenvalue weighted by atomic mass is 14.9. The van der Waals surface area contributed by atoms with E-state index in [2.05, 4.69) is 11.9 Å². The third-order valence-electron chi connectivity index (χ3n) is 2.10. The number of anilines is 3. The molecule has 5 N–H and O–H groups in total. The Morgan fingerprint density at radius 2 is 2.00 bits per heavy atom. The summed E-state index contributed by atoms with van der Waals surface area (Å²) in [6.45, 7) is 7.75. The van der Waals surface area contributed by atoms with Crippen molar-refractivity contribution in [2.24, 2.45) is 0 Å². The third-order valence-corrected chi connectivity index (χ3v) is 2.10. The maximum absolute atomic E-state index is 5.87. The predicted molar refractivity (Wildman–Crippen MR) is 76.6 cm³/mol. The summed E-state index contributed by atoms with van der Waals surface area (Å²) in [5, 5.41) is 3.23. The first kappa shape index (κ1) is 12.9. The Balaban J connectivity index is 3.02. The van der Waals surface area contributed by atoms with Gasteiger partial charge in [0.2, 0.25) is 0 Å². The first-order chi connectivity index (χ1) is 8.02. The van der Waals surface area contributed by atoms with Gasteiger partial charge in [0, 0.05) is 11.4 Å². The van der Waals surface area contributed by atoms with Crippen molar-refractivity contribution < 1.29 is 0 Å². The first-order valence-corrected chi connectivity index (χ1v) is 5.42. The van der Waals surface area contributed by atoms with Crippen molar-refractivity contribution in [3.05, 3.63) is 54.3 Å². The van der Waals surface area contributed by atoms with E-state index in [4.69, 9.17) is 11.5 Å². The van der Waals surface area contributed by atoms with Gasteiger partial charge in [0.05, 0.1) is 11.4 Å². The number of hydrogen-bond donors (Lipinski definition) is 3. The predicted octanol–water partition coefficient (Wildman–Crippen LogP) is 3.30. The van der Waals surface area contributed by atoms with Crippen LogP contribution in [0.1, 0.15) is 13.8 Å². The summed E-state index contributed by atoms with van der Waals surface area (Å²) in [6.07, 6.45) is 5.63. The molecule has 0 spiro atoms. The Hall–Kier alpha value is -2.16. The molecule has 0 radical (unpaired) electrons. The van der Waals surface area contributed by atoms with Gasteiger partial charge in [-0.25, -0.2) is 0 Å². The van der Waals surface area contributed by atoms with Crippen LogP contribution in [-0.4, -0.2) is 0 Å². The molecule has 0 bridgehead atoms. The van der Waals surface area contributed by atoms with Crippen LogP contribution in [0.2, 0.25) is 0 Å².